The number of aliphatic hydroxyl groups excluding tert-OH is 1. The second kappa shape index (κ2) is 9.28. The van der Waals surface area contributed by atoms with E-state index in [4.69, 9.17) is 16.7 Å². The summed E-state index contributed by atoms with van der Waals surface area (Å²) in [6, 6.07) is 1.92. The minimum absolute atomic E-state index is 0.0192. The molecule has 0 unspecified atom stereocenters. The van der Waals surface area contributed by atoms with E-state index in [0.29, 0.717) is 5.70 Å². The van der Waals surface area contributed by atoms with E-state index in [-0.39, 0.29) is 53.0 Å². The molecule has 30 heavy (non-hydrogen) atoms. The number of aromatic amines is 2. The van der Waals surface area contributed by atoms with Crippen molar-refractivity contribution in [3.63, 3.8) is 0 Å². The van der Waals surface area contributed by atoms with E-state index in [0.717, 1.165) is 0 Å². The first-order chi connectivity index (χ1) is 14.2. The van der Waals surface area contributed by atoms with Crippen molar-refractivity contribution in [3.8, 4) is 17.5 Å². The first kappa shape index (κ1) is 22.0. The molecular weight excluding hydrogens is 393 g/mol. The highest BCUT2D eigenvalue weighted by Crippen LogP contribution is 2.26. The molecule has 2 rings (SSSR count). The van der Waals surface area contributed by atoms with Gasteiger partial charge < -0.3 is 21.6 Å². The highest BCUT2D eigenvalue weighted by Gasteiger charge is 2.25. The van der Waals surface area contributed by atoms with Gasteiger partial charge in [-0.25, -0.2) is 9.37 Å². The molecule has 156 valence electrons. The van der Waals surface area contributed by atoms with Gasteiger partial charge in [0.25, 0.3) is 5.91 Å². The summed E-state index contributed by atoms with van der Waals surface area (Å²) in [4.78, 5) is 26.3. The van der Waals surface area contributed by atoms with Gasteiger partial charge in [-0.2, -0.15) is 10.4 Å². The smallest absolute Gasteiger partial charge is 0.268 e. The molecular formula is C18H20FN9O2. The van der Waals surface area contributed by atoms with E-state index in [1.54, 1.807) is 6.92 Å². The topological polar surface area (TPSA) is 195 Å². The summed E-state index contributed by atoms with van der Waals surface area (Å²) in [6.45, 7) is 6.76. The molecule has 2 aromatic heterocycles. The number of primary amides is 1. The highest BCUT2D eigenvalue weighted by molar-refractivity contribution is 6.09. The lowest BCUT2D eigenvalue weighted by Crippen LogP contribution is -2.13. The van der Waals surface area contributed by atoms with Crippen LogP contribution >= 0.6 is 0 Å². The molecule has 0 aliphatic carbocycles. The average molecular weight is 413 g/mol. The number of hydrogen-bond acceptors (Lipinski definition) is 8. The molecule has 0 aliphatic rings. The van der Waals surface area contributed by atoms with Crippen molar-refractivity contribution in [1.82, 2.24) is 20.2 Å². The molecule has 11 nitrogen and oxygen atoms in total. The molecule has 0 atom stereocenters. The van der Waals surface area contributed by atoms with E-state index in [1.165, 1.54) is 13.1 Å². The first-order valence-electron chi connectivity index (χ1n) is 8.58. The molecule has 12 heteroatoms. The number of rotatable bonds is 8. The SMILES string of the molecule is C=C(C)N=Cc1[nH]c(C(N)=O)c(F)c1-c1n[nH]c(C(=NCCC#N)/C(O)=C(/C)N)n1. The number of aliphatic imine (C=N–C) groups is 2. The monoisotopic (exact) mass is 413 g/mol. The molecule has 0 aliphatic heterocycles. The fraction of sp³-hybridized carbons (Fsp3) is 0.222. The lowest BCUT2D eigenvalue weighted by molar-refractivity contribution is 0.0992. The van der Waals surface area contributed by atoms with Gasteiger partial charge in [0, 0.05) is 11.4 Å². The lowest BCUT2D eigenvalue weighted by atomic mass is 10.2. The number of allylic oxidation sites excluding steroid dienone is 3. The number of nitrogens with two attached hydrogens (primary N) is 2. The van der Waals surface area contributed by atoms with Crippen LogP contribution in [-0.2, 0) is 0 Å². The predicted molar refractivity (Wildman–Crippen MR) is 108 cm³/mol. The third-order valence-electron chi connectivity index (χ3n) is 3.65. The van der Waals surface area contributed by atoms with Crippen LogP contribution in [0.4, 0.5) is 4.39 Å². The van der Waals surface area contributed by atoms with Crippen LogP contribution in [0.15, 0.2) is 33.7 Å². The Balaban J connectivity index is 2.61. The Bertz CT molecular complexity index is 1110. The van der Waals surface area contributed by atoms with Crippen molar-refractivity contribution in [2.75, 3.05) is 6.54 Å². The van der Waals surface area contributed by atoms with Gasteiger partial charge in [-0.05, 0) is 13.8 Å². The fourth-order valence-electron chi connectivity index (χ4n) is 2.30. The quantitative estimate of drug-likeness (QED) is 0.246. The van der Waals surface area contributed by atoms with Gasteiger partial charge in [0.15, 0.2) is 23.2 Å². The van der Waals surface area contributed by atoms with Gasteiger partial charge in [0.2, 0.25) is 0 Å². The minimum atomic E-state index is -1.02. The highest BCUT2D eigenvalue weighted by atomic mass is 19.1. The van der Waals surface area contributed by atoms with Gasteiger partial charge >= 0.3 is 0 Å². The molecule has 0 fully saturated rings. The Morgan fingerprint density at radius 3 is 2.70 bits per heavy atom. The zero-order chi connectivity index (χ0) is 22.4. The van der Waals surface area contributed by atoms with Crippen molar-refractivity contribution in [2.45, 2.75) is 20.3 Å². The van der Waals surface area contributed by atoms with Crippen LogP contribution in [0.3, 0.4) is 0 Å². The van der Waals surface area contributed by atoms with Crippen LogP contribution < -0.4 is 11.5 Å². The number of halogens is 1. The Hall–Kier alpha value is -4.27. The molecule has 0 saturated heterocycles. The van der Waals surface area contributed by atoms with Gasteiger partial charge in [-0.3, -0.25) is 19.9 Å². The predicted octanol–water partition coefficient (Wildman–Crippen LogP) is 1.44. The van der Waals surface area contributed by atoms with Crippen LogP contribution in [0.25, 0.3) is 11.4 Å². The number of carbonyl (C=O) groups is 1. The maximum Gasteiger partial charge on any atom is 0.268 e. The van der Waals surface area contributed by atoms with Crippen molar-refractivity contribution in [2.24, 2.45) is 21.5 Å². The number of carbonyl (C=O) groups excluding carboxylic acids is 1. The molecule has 7 N–H and O–H groups in total. The minimum Gasteiger partial charge on any atom is -0.504 e. The summed E-state index contributed by atoms with van der Waals surface area (Å²) < 4.78 is 14.8. The third kappa shape index (κ3) is 4.76. The number of H-pyrrole nitrogens is 2. The maximum atomic E-state index is 14.8. The second-order valence-electron chi connectivity index (χ2n) is 6.14. The van der Waals surface area contributed by atoms with Crippen molar-refractivity contribution < 1.29 is 14.3 Å². The summed E-state index contributed by atoms with van der Waals surface area (Å²) in [6.07, 6.45) is 1.35. The summed E-state index contributed by atoms with van der Waals surface area (Å²) in [5.74, 6) is -2.52. The van der Waals surface area contributed by atoms with E-state index >= 15 is 0 Å². The lowest BCUT2D eigenvalue weighted by Gasteiger charge is -2.04. The number of aliphatic hydroxyl groups is 1. The van der Waals surface area contributed by atoms with Gasteiger partial charge in [0.1, 0.15) is 11.4 Å². The first-order valence-corrected chi connectivity index (χ1v) is 8.58. The van der Waals surface area contributed by atoms with E-state index < -0.39 is 17.4 Å². The van der Waals surface area contributed by atoms with Crippen LogP contribution in [0.1, 0.15) is 42.3 Å². The van der Waals surface area contributed by atoms with E-state index in [2.05, 4.69) is 36.7 Å². The van der Waals surface area contributed by atoms with Gasteiger partial charge in [-0.15, -0.1) is 0 Å². The van der Waals surface area contributed by atoms with E-state index in [1.807, 2.05) is 6.07 Å². The number of amides is 1. The molecule has 2 aromatic rings. The number of nitriles is 1. The molecule has 0 radical (unpaired) electrons. The molecule has 0 bridgehead atoms. The zero-order valence-corrected chi connectivity index (χ0v) is 16.3. The van der Waals surface area contributed by atoms with Gasteiger partial charge in [-0.1, -0.05) is 6.58 Å². The number of nitrogens with one attached hydrogen (secondary N) is 2. The zero-order valence-electron chi connectivity index (χ0n) is 16.3. The van der Waals surface area contributed by atoms with Crippen LogP contribution in [0, 0.1) is 17.1 Å². The normalized spacial score (nSPS) is 12.7. The Kier molecular flexibility index (Phi) is 6.82. The summed E-state index contributed by atoms with van der Waals surface area (Å²) >= 11 is 0. The summed E-state index contributed by atoms with van der Waals surface area (Å²) in [5, 5.41) is 25.4. The van der Waals surface area contributed by atoms with Crippen molar-refractivity contribution in [1.29, 1.82) is 5.26 Å². The Labute approximate surface area is 170 Å². The average Bonchev–Trinajstić information content (AvgIpc) is 3.27. The number of hydrogen-bond donors (Lipinski definition) is 5. The summed E-state index contributed by atoms with van der Waals surface area (Å²) in [5.41, 5.74) is 10.7. The molecule has 0 spiro atoms. The van der Waals surface area contributed by atoms with Crippen LogP contribution in [-0.4, -0.2) is 49.7 Å². The number of aromatic nitrogens is 4. The molecule has 1 amide bonds. The number of nitrogens with zero attached hydrogens (tertiary/aromatic N) is 5. The molecule has 0 saturated carbocycles. The van der Waals surface area contributed by atoms with Crippen molar-refractivity contribution in [3.05, 3.63) is 46.8 Å². The Morgan fingerprint density at radius 2 is 2.13 bits per heavy atom. The Morgan fingerprint density at radius 1 is 1.43 bits per heavy atom. The maximum absolute atomic E-state index is 14.8. The summed E-state index contributed by atoms with van der Waals surface area (Å²) in [7, 11) is 0. The second-order valence-corrected chi connectivity index (χ2v) is 6.14. The molecule has 2 heterocycles. The van der Waals surface area contributed by atoms with Gasteiger partial charge in [0.05, 0.1) is 36.5 Å². The van der Waals surface area contributed by atoms with Crippen molar-refractivity contribution >= 4 is 17.8 Å². The largest absolute Gasteiger partial charge is 0.504 e. The van der Waals surface area contributed by atoms with Crippen LogP contribution in [0.5, 0.6) is 0 Å². The molecule has 0 aromatic carbocycles. The fourth-order valence-corrected chi connectivity index (χ4v) is 2.30. The standard InChI is InChI=1S/C18H20FN9O2/c1-8(2)24-7-10-11(12(19)13(25-10)16(22)30)17-26-18(28-27-17)14(15(29)9(3)21)23-6-4-5-20/h7,25,29H,1,4,6,21H2,2-3H3,(H2,22,30)(H,26,27,28)/b15-9+,23-14?,24-7?. The van der Waals surface area contributed by atoms with Crippen LogP contribution in [0.2, 0.25) is 0 Å². The third-order valence-corrected chi connectivity index (χ3v) is 3.65. The van der Waals surface area contributed by atoms with E-state index in [9.17, 15) is 14.3 Å².